The number of rotatable bonds is 3. The van der Waals surface area contributed by atoms with Gasteiger partial charge in [-0.1, -0.05) is 0 Å². The Bertz CT molecular complexity index is 515. The molecular weight excluding hydrogens is 287 g/mol. The topological polar surface area (TPSA) is 70.1 Å². The normalized spacial score (nSPS) is 22.4. The lowest BCUT2D eigenvalue weighted by atomic mass is 10.4. The summed E-state index contributed by atoms with van der Waals surface area (Å²) in [5, 5.41) is -0.239. The fourth-order valence-electron chi connectivity index (χ4n) is 1.90. The summed E-state index contributed by atoms with van der Waals surface area (Å²) >= 11 is 5.74. The molecule has 0 radical (unpaired) electrons. The maximum absolute atomic E-state index is 12.5. The molecule has 9 heteroatoms. The van der Waals surface area contributed by atoms with Gasteiger partial charge in [-0.15, -0.1) is 0 Å². The molecule has 0 amide bonds. The average Bonchev–Trinajstić information content (AvgIpc) is 3.01. The fourth-order valence-corrected chi connectivity index (χ4v) is 2.20. The smallest absolute Gasteiger partial charge is 0.393 e. The van der Waals surface area contributed by atoms with E-state index in [0.29, 0.717) is 0 Å². The van der Waals surface area contributed by atoms with Gasteiger partial charge in [0, 0.05) is 0 Å². The number of imidazole rings is 1. The number of nitrogens with two attached hydrogens (primary N) is 1. The van der Waals surface area contributed by atoms with Crippen molar-refractivity contribution in [2.24, 2.45) is 5.92 Å². The van der Waals surface area contributed by atoms with E-state index in [1.165, 1.54) is 0 Å². The summed E-state index contributed by atoms with van der Waals surface area (Å²) in [6.45, 7) is 1.70. The Balaban J connectivity index is 2.27. The van der Waals surface area contributed by atoms with Crippen LogP contribution < -0.4 is 5.73 Å². The van der Waals surface area contributed by atoms with E-state index in [-0.39, 0.29) is 29.8 Å². The van der Waals surface area contributed by atoms with Crippen LogP contribution >= 0.6 is 11.6 Å². The van der Waals surface area contributed by atoms with Crippen molar-refractivity contribution in [2.45, 2.75) is 25.6 Å². The Kier molecular flexibility index (Phi) is 3.38. The summed E-state index contributed by atoms with van der Waals surface area (Å²) in [4.78, 5) is 15.2. The van der Waals surface area contributed by atoms with Gasteiger partial charge in [0.1, 0.15) is 5.82 Å². The number of halogens is 4. The Morgan fingerprint density at radius 2 is 2.26 bits per heavy atom. The molecule has 0 aliphatic heterocycles. The molecule has 0 saturated heterocycles. The number of hydrogen-bond donors (Lipinski definition) is 1. The number of alkyl halides is 3. The third-order valence-electron chi connectivity index (χ3n) is 2.88. The molecule has 2 N–H and O–H groups in total. The van der Waals surface area contributed by atoms with Crippen LogP contribution in [0.2, 0.25) is 5.28 Å². The molecule has 1 fully saturated rings. The van der Waals surface area contributed by atoms with Gasteiger partial charge in [-0.2, -0.15) is 13.2 Å². The van der Waals surface area contributed by atoms with Gasteiger partial charge in [0.15, 0.2) is 5.69 Å². The largest absolute Gasteiger partial charge is 0.461 e. The lowest BCUT2D eigenvalue weighted by Crippen LogP contribution is -2.15. The third-order valence-corrected chi connectivity index (χ3v) is 3.15. The van der Waals surface area contributed by atoms with Gasteiger partial charge >= 0.3 is 12.1 Å². The van der Waals surface area contributed by atoms with Gasteiger partial charge in [-0.3, -0.25) is 4.57 Å². The lowest BCUT2D eigenvalue weighted by Gasteiger charge is -2.08. The van der Waals surface area contributed by atoms with Crippen LogP contribution in [-0.4, -0.2) is 28.3 Å². The number of carbonyl (C=O) groups is 1. The van der Waals surface area contributed by atoms with Gasteiger partial charge in [0.25, 0.3) is 0 Å². The van der Waals surface area contributed by atoms with Gasteiger partial charge in [-0.25, -0.2) is 9.78 Å². The zero-order chi connectivity index (χ0) is 14.4. The first-order valence-corrected chi connectivity index (χ1v) is 5.92. The van der Waals surface area contributed by atoms with E-state index in [1.54, 1.807) is 6.92 Å². The van der Waals surface area contributed by atoms with Crippen LogP contribution in [0.1, 0.15) is 29.9 Å². The first kappa shape index (κ1) is 14.0. The molecule has 0 aromatic carbocycles. The maximum atomic E-state index is 12.5. The van der Waals surface area contributed by atoms with E-state index in [9.17, 15) is 18.0 Å². The SMILES string of the molecule is CCOC(=O)c1nc(Cl)n(C2CC2C(F)(F)F)c1N. The van der Waals surface area contributed by atoms with Crippen molar-refractivity contribution in [1.29, 1.82) is 0 Å². The lowest BCUT2D eigenvalue weighted by molar-refractivity contribution is -0.150. The van der Waals surface area contributed by atoms with Gasteiger partial charge in [-0.05, 0) is 24.9 Å². The van der Waals surface area contributed by atoms with Crippen LogP contribution in [-0.2, 0) is 4.74 Å². The number of carbonyl (C=O) groups excluding carboxylic acids is 1. The fraction of sp³-hybridized carbons (Fsp3) is 0.600. The van der Waals surface area contributed by atoms with Crippen molar-refractivity contribution in [3.63, 3.8) is 0 Å². The van der Waals surface area contributed by atoms with Crippen LogP contribution in [0.4, 0.5) is 19.0 Å². The Morgan fingerprint density at radius 1 is 1.63 bits per heavy atom. The van der Waals surface area contributed by atoms with Gasteiger partial charge in [0.2, 0.25) is 5.28 Å². The minimum atomic E-state index is -4.31. The second kappa shape index (κ2) is 4.59. The summed E-state index contributed by atoms with van der Waals surface area (Å²) in [6.07, 6.45) is -4.43. The summed E-state index contributed by atoms with van der Waals surface area (Å²) in [5.74, 6) is -2.50. The van der Waals surface area contributed by atoms with Crippen molar-refractivity contribution in [1.82, 2.24) is 9.55 Å². The van der Waals surface area contributed by atoms with Crippen LogP contribution in [0, 0.1) is 5.92 Å². The molecular formula is C10H11ClF3N3O2. The first-order chi connectivity index (χ1) is 8.77. The Hall–Kier alpha value is -1.44. The predicted octanol–water partition coefficient (Wildman–Crippen LogP) is 2.42. The minimum absolute atomic E-state index is 0.108. The van der Waals surface area contributed by atoms with E-state index in [0.717, 1.165) is 4.57 Å². The van der Waals surface area contributed by atoms with Crippen molar-refractivity contribution in [3.8, 4) is 0 Å². The van der Waals surface area contributed by atoms with Crippen LogP contribution in [0.15, 0.2) is 0 Å². The molecule has 1 aliphatic rings. The number of hydrogen-bond acceptors (Lipinski definition) is 4. The number of nitrogens with zero attached hydrogens (tertiary/aromatic N) is 2. The molecule has 1 saturated carbocycles. The summed E-state index contributed by atoms with van der Waals surface area (Å²) in [5.41, 5.74) is 5.38. The highest BCUT2D eigenvalue weighted by Crippen LogP contribution is 2.55. The molecule has 2 unspecified atom stereocenters. The van der Waals surface area contributed by atoms with Gasteiger partial charge < -0.3 is 10.5 Å². The van der Waals surface area contributed by atoms with Crippen LogP contribution in [0.5, 0.6) is 0 Å². The molecule has 106 valence electrons. The molecule has 1 heterocycles. The van der Waals surface area contributed by atoms with Crippen molar-refractivity contribution in [2.75, 3.05) is 12.3 Å². The Morgan fingerprint density at radius 3 is 2.74 bits per heavy atom. The molecule has 0 bridgehead atoms. The number of nitrogen functional groups attached to an aromatic ring is 1. The van der Waals surface area contributed by atoms with Crippen molar-refractivity contribution in [3.05, 3.63) is 11.0 Å². The van der Waals surface area contributed by atoms with Crippen LogP contribution in [0.3, 0.4) is 0 Å². The molecule has 2 atom stereocenters. The monoisotopic (exact) mass is 297 g/mol. The molecule has 5 nitrogen and oxygen atoms in total. The highest BCUT2D eigenvalue weighted by molar-refractivity contribution is 6.29. The van der Waals surface area contributed by atoms with Crippen molar-refractivity contribution < 1.29 is 22.7 Å². The summed E-state index contributed by atoms with van der Waals surface area (Å²) in [6, 6.07) is -0.900. The van der Waals surface area contributed by atoms with Crippen LogP contribution in [0.25, 0.3) is 0 Å². The molecule has 2 rings (SSSR count). The second-order valence-electron chi connectivity index (χ2n) is 4.16. The maximum Gasteiger partial charge on any atom is 0.393 e. The standard InChI is InChI=1S/C10H11ClF3N3O2/c1-2-19-8(18)6-7(15)17(9(11)16-6)5-3-4(5)10(12,13)14/h4-5H,2-3,15H2,1H3. The molecule has 19 heavy (non-hydrogen) atoms. The summed E-state index contributed by atoms with van der Waals surface area (Å²) in [7, 11) is 0. The number of aromatic nitrogens is 2. The number of anilines is 1. The third kappa shape index (κ3) is 2.49. The summed E-state index contributed by atoms with van der Waals surface area (Å²) < 4.78 is 43.3. The van der Waals surface area contributed by atoms with E-state index in [2.05, 4.69) is 4.98 Å². The number of ether oxygens (including phenoxy) is 1. The van der Waals surface area contributed by atoms with E-state index in [1.807, 2.05) is 0 Å². The predicted molar refractivity (Wildman–Crippen MR) is 60.8 cm³/mol. The highest BCUT2D eigenvalue weighted by atomic mass is 35.5. The quantitative estimate of drug-likeness (QED) is 0.870. The zero-order valence-corrected chi connectivity index (χ0v) is 10.6. The molecule has 1 aromatic rings. The first-order valence-electron chi connectivity index (χ1n) is 5.54. The Labute approximate surface area is 111 Å². The zero-order valence-electron chi connectivity index (χ0n) is 9.87. The second-order valence-corrected chi connectivity index (χ2v) is 4.49. The molecule has 0 spiro atoms. The molecule has 1 aromatic heterocycles. The molecule has 1 aliphatic carbocycles. The van der Waals surface area contributed by atoms with Crippen molar-refractivity contribution >= 4 is 23.4 Å². The van der Waals surface area contributed by atoms with E-state index in [4.69, 9.17) is 22.1 Å². The van der Waals surface area contributed by atoms with Gasteiger partial charge in [0.05, 0.1) is 18.6 Å². The van der Waals surface area contributed by atoms with E-state index < -0.39 is 24.1 Å². The minimum Gasteiger partial charge on any atom is -0.461 e. The highest BCUT2D eigenvalue weighted by Gasteiger charge is 2.57. The number of esters is 1. The van der Waals surface area contributed by atoms with E-state index >= 15 is 0 Å². The average molecular weight is 298 g/mol.